The highest BCUT2D eigenvalue weighted by atomic mass is 79.9. The lowest BCUT2D eigenvalue weighted by Crippen LogP contribution is -2.54. The van der Waals surface area contributed by atoms with Crippen molar-refractivity contribution in [2.45, 2.75) is 64.0 Å². The summed E-state index contributed by atoms with van der Waals surface area (Å²) in [7, 11) is -1.12. The molecule has 18 nitrogen and oxygen atoms in total. The molecule has 5 aliphatic rings. The number of rotatable bonds is 13. The van der Waals surface area contributed by atoms with Crippen molar-refractivity contribution in [3.63, 3.8) is 0 Å². The highest BCUT2D eigenvalue weighted by Crippen LogP contribution is 2.42. The Morgan fingerprint density at radius 1 is 0.819 bits per heavy atom. The van der Waals surface area contributed by atoms with Crippen LogP contribution in [0.3, 0.4) is 0 Å². The van der Waals surface area contributed by atoms with Crippen LogP contribution in [0.15, 0.2) is 59.5 Å². The molecule has 21 heteroatoms. The first-order chi connectivity index (χ1) is 34.7. The average molecular weight is 1070 g/mol. The summed E-state index contributed by atoms with van der Waals surface area (Å²) in [4.78, 5) is 79.6. The number of hydrogen-bond donors (Lipinski definition) is 3. The van der Waals surface area contributed by atoms with Gasteiger partial charge in [0.1, 0.15) is 36.1 Å². The predicted octanol–water partition coefficient (Wildman–Crippen LogP) is 6.53. The molecule has 4 amide bonds. The third-order valence-electron chi connectivity index (χ3n) is 14.9. The predicted molar refractivity (Wildman–Crippen MR) is 279 cm³/mol. The number of halogens is 2. The number of hydrogen-bond acceptors (Lipinski definition) is 16. The number of aryl methyl sites for hydroxylation is 1. The topological polar surface area (TPSA) is 198 Å². The van der Waals surface area contributed by atoms with E-state index in [9.17, 15) is 23.7 Å². The SMILES string of the molecule is CCc1cc(Nc2ncc(Br)c(Nc3ccc4nccnc4c3P(C)(C)=O)n2)c(OC)cc1N1CCC(N2CCN(CC3CCN(c4cc5c(cc4F)C(=O)N(C4CCC(=O)NC4=O)C5=O)CC3)CC2)CC1. The van der Waals surface area contributed by atoms with Gasteiger partial charge in [0.25, 0.3) is 11.8 Å². The number of carbonyl (C=O) groups excluding carboxylic acids is 4. The number of nitrogens with one attached hydrogen (secondary N) is 3. The number of imide groups is 2. The molecule has 0 aliphatic carbocycles. The summed E-state index contributed by atoms with van der Waals surface area (Å²) in [5, 5.41) is 9.58. The molecule has 3 aromatic carbocycles. The van der Waals surface area contributed by atoms with Gasteiger partial charge in [-0.2, -0.15) is 4.98 Å². The summed E-state index contributed by atoms with van der Waals surface area (Å²) in [6.45, 7) is 13.8. The maximum Gasteiger partial charge on any atom is 0.262 e. The number of carbonyl (C=O) groups is 4. The van der Waals surface area contributed by atoms with Crippen molar-refractivity contribution in [3.05, 3.63) is 82.0 Å². The van der Waals surface area contributed by atoms with Gasteiger partial charge in [0.2, 0.25) is 17.8 Å². The van der Waals surface area contributed by atoms with E-state index < -0.39 is 42.6 Å². The molecular formula is C51H59BrFN12O6P. The number of nitrogens with zero attached hydrogens (tertiary/aromatic N) is 9. The van der Waals surface area contributed by atoms with Crippen LogP contribution in [-0.2, 0) is 20.6 Å². The second-order valence-corrected chi connectivity index (χ2v) is 23.7. The smallest absolute Gasteiger partial charge is 0.262 e. The molecule has 0 radical (unpaired) electrons. The van der Waals surface area contributed by atoms with Gasteiger partial charge in [-0.05, 0) is 110 Å². The first kappa shape index (κ1) is 49.5. The number of ether oxygens (including phenoxy) is 1. The van der Waals surface area contributed by atoms with Crippen LogP contribution in [0.25, 0.3) is 11.0 Å². The molecule has 7 heterocycles. The molecule has 72 heavy (non-hydrogen) atoms. The van der Waals surface area contributed by atoms with E-state index in [1.807, 2.05) is 17.0 Å². The summed E-state index contributed by atoms with van der Waals surface area (Å²) in [6, 6.07) is 9.96. The van der Waals surface area contributed by atoms with E-state index in [0.717, 1.165) is 94.6 Å². The van der Waals surface area contributed by atoms with Gasteiger partial charge in [-0.1, -0.05) is 6.92 Å². The van der Waals surface area contributed by atoms with Crippen molar-refractivity contribution in [2.24, 2.45) is 5.92 Å². The molecule has 5 aromatic rings. The molecular weight excluding hydrogens is 1010 g/mol. The lowest BCUT2D eigenvalue weighted by atomic mass is 9.94. The molecule has 1 unspecified atom stereocenters. The summed E-state index contributed by atoms with van der Waals surface area (Å²) in [5.74, 6) is -1.03. The summed E-state index contributed by atoms with van der Waals surface area (Å²) in [6.07, 6.45) is 9.70. The number of aromatic nitrogens is 4. The van der Waals surface area contributed by atoms with E-state index in [0.29, 0.717) is 74.8 Å². The molecule has 0 spiro atoms. The van der Waals surface area contributed by atoms with E-state index in [2.05, 4.69) is 80.6 Å². The molecule has 4 saturated heterocycles. The molecule has 3 N–H and O–H groups in total. The Bertz CT molecular complexity index is 3010. The Balaban J connectivity index is 0.712. The Labute approximate surface area is 426 Å². The molecule has 1 atom stereocenters. The maximum atomic E-state index is 15.6. The van der Waals surface area contributed by atoms with Crippen molar-refractivity contribution in [1.29, 1.82) is 0 Å². The largest absolute Gasteiger partial charge is 0.494 e. The standard InChI is InChI=1S/C51H59BrFN12O6P/c1-5-31-24-39(58-51-56-28-35(52)47(60-51)57-38-7-6-37-45(55-15-14-54-37)46(38)72(3,4)70)43(71-2)27-41(31)63-18-12-32(13-19-63)62-22-20-61(21-23-62)29-30-10-16-64(17-11-30)42-26-34-33(25-36(42)53)49(68)65(50(34)69)40-8-9-44(66)59-48(40)67/h6-7,14-15,24-28,30,32,40H,5,8-13,16-23,29H2,1-4H3,(H,59,66,67)(H2,56,57,58,60). The highest BCUT2D eigenvalue weighted by Gasteiger charge is 2.45. The van der Waals surface area contributed by atoms with Gasteiger partial charge in [-0.15, -0.1) is 0 Å². The van der Waals surface area contributed by atoms with E-state index in [4.69, 9.17) is 9.72 Å². The van der Waals surface area contributed by atoms with E-state index >= 15 is 4.39 Å². The Morgan fingerprint density at radius 3 is 2.21 bits per heavy atom. The minimum absolute atomic E-state index is 0.0225. The zero-order valence-electron chi connectivity index (χ0n) is 40.9. The van der Waals surface area contributed by atoms with E-state index in [1.165, 1.54) is 17.3 Å². The Hall–Kier alpha value is -6.08. The van der Waals surface area contributed by atoms with Gasteiger partial charge in [0, 0.05) is 102 Å². The monoisotopic (exact) mass is 1060 g/mol. The fourth-order valence-corrected chi connectivity index (χ4v) is 12.8. The minimum atomic E-state index is -2.79. The van der Waals surface area contributed by atoms with Crippen LogP contribution in [0.1, 0.15) is 71.7 Å². The number of benzene rings is 3. The molecule has 0 bridgehead atoms. The summed E-state index contributed by atoms with van der Waals surface area (Å²) in [5.41, 5.74) is 5.34. The molecule has 2 aromatic heterocycles. The first-order valence-electron chi connectivity index (χ1n) is 24.8. The van der Waals surface area contributed by atoms with E-state index in [-0.39, 0.29) is 24.0 Å². The van der Waals surface area contributed by atoms with Crippen LogP contribution >= 0.6 is 23.1 Å². The van der Waals surface area contributed by atoms with Crippen molar-refractivity contribution < 1.29 is 32.9 Å². The van der Waals surface area contributed by atoms with Crippen LogP contribution in [0, 0.1) is 11.7 Å². The Kier molecular flexibility index (Phi) is 14.1. The third-order valence-corrected chi connectivity index (χ3v) is 17.0. The minimum Gasteiger partial charge on any atom is -0.494 e. The number of fused-ring (bicyclic) bond motifs is 2. The van der Waals surface area contributed by atoms with Crippen molar-refractivity contribution >= 4 is 97.6 Å². The number of methoxy groups -OCH3 is 1. The van der Waals surface area contributed by atoms with Crippen molar-refractivity contribution in [2.75, 3.05) is 99.8 Å². The summed E-state index contributed by atoms with van der Waals surface area (Å²) < 4.78 is 35.7. The zero-order valence-corrected chi connectivity index (χ0v) is 43.4. The van der Waals surface area contributed by atoms with Gasteiger partial charge in [0.15, 0.2) is 0 Å². The summed E-state index contributed by atoms with van der Waals surface area (Å²) >= 11 is 3.60. The van der Waals surface area contributed by atoms with Gasteiger partial charge < -0.3 is 34.6 Å². The average Bonchev–Trinajstić information content (AvgIpc) is 3.61. The van der Waals surface area contributed by atoms with Gasteiger partial charge in [-0.25, -0.2) is 9.37 Å². The molecule has 5 aliphatic heterocycles. The van der Waals surface area contributed by atoms with E-state index in [1.54, 1.807) is 39.0 Å². The lowest BCUT2D eigenvalue weighted by Gasteiger charge is -2.44. The fraction of sp³-hybridized carbons (Fsp3) is 0.451. The van der Waals surface area contributed by atoms with Crippen LogP contribution in [0.5, 0.6) is 5.75 Å². The molecule has 378 valence electrons. The van der Waals surface area contributed by atoms with Gasteiger partial charge in [0.05, 0.1) is 50.6 Å². The number of amides is 4. The molecule has 4 fully saturated rings. The maximum absolute atomic E-state index is 15.6. The molecule has 10 rings (SSSR count). The highest BCUT2D eigenvalue weighted by molar-refractivity contribution is 9.10. The number of piperazine rings is 1. The van der Waals surface area contributed by atoms with Crippen molar-refractivity contribution in [3.8, 4) is 5.75 Å². The fourth-order valence-electron chi connectivity index (χ4n) is 11.1. The lowest BCUT2D eigenvalue weighted by molar-refractivity contribution is -0.136. The quantitative estimate of drug-likeness (QED) is 0.0849. The second kappa shape index (κ2) is 20.4. The van der Waals surface area contributed by atoms with Crippen LogP contribution in [0.4, 0.5) is 38.9 Å². The second-order valence-electron chi connectivity index (χ2n) is 19.7. The normalized spacial score (nSPS) is 19.8. The van der Waals surface area contributed by atoms with Crippen LogP contribution in [0.2, 0.25) is 0 Å². The van der Waals surface area contributed by atoms with Gasteiger partial charge >= 0.3 is 0 Å². The molecule has 0 saturated carbocycles. The number of anilines is 6. The zero-order chi connectivity index (χ0) is 50.4. The van der Waals surface area contributed by atoms with Gasteiger partial charge in [-0.3, -0.25) is 44.3 Å². The first-order valence-corrected chi connectivity index (χ1v) is 28.1. The van der Waals surface area contributed by atoms with Crippen molar-refractivity contribution in [1.82, 2.24) is 40.0 Å². The third kappa shape index (κ3) is 9.89. The van der Waals surface area contributed by atoms with Crippen LogP contribution < -0.4 is 35.8 Å². The van der Waals surface area contributed by atoms with Crippen LogP contribution in [-0.4, -0.2) is 150 Å². The number of piperidine rings is 3. The Morgan fingerprint density at radius 2 is 1.51 bits per heavy atom.